The third kappa shape index (κ3) is 3.36. The number of carboxylic acid groups (broad SMARTS) is 1. The lowest BCUT2D eigenvalue weighted by Crippen LogP contribution is -2.20. The van der Waals surface area contributed by atoms with Crippen LogP contribution < -0.4 is 5.43 Å². The summed E-state index contributed by atoms with van der Waals surface area (Å²) in [6.45, 7) is 3.83. The molecular formula is C21H19ClFNO4. The van der Waals surface area contributed by atoms with E-state index >= 15 is 0 Å². The molecule has 0 radical (unpaired) electrons. The van der Waals surface area contributed by atoms with Gasteiger partial charge in [0.25, 0.3) is 0 Å². The zero-order valence-corrected chi connectivity index (χ0v) is 16.1. The van der Waals surface area contributed by atoms with Gasteiger partial charge >= 0.3 is 5.97 Å². The van der Waals surface area contributed by atoms with Gasteiger partial charge in [-0.2, -0.15) is 0 Å². The van der Waals surface area contributed by atoms with Crippen LogP contribution in [-0.4, -0.2) is 20.7 Å². The second-order valence-corrected chi connectivity index (χ2v) is 7.11. The minimum absolute atomic E-state index is 0.00817. The van der Waals surface area contributed by atoms with Crippen molar-refractivity contribution in [2.45, 2.75) is 32.7 Å². The number of hydrogen-bond acceptors (Lipinski definition) is 3. The Labute approximate surface area is 165 Å². The predicted molar refractivity (Wildman–Crippen MR) is 106 cm³/mol. The molecule has 0 saturated heterocycles. The van der Waals surface area contributed by atoms with Gasteiger partial charge in [-0.05, 0) is 36.6 Å². The maximum atomic E-state index is 14.2. The van der Waals surface area contributed by atoms with Gasteiger partial charge < -0.3 is 14.8 Å². The Bertz CT molecular complexity index is 1140. The summed E-state index contributed by atoms with van der Waals surface area (Å²) in [5.41, 5.74) is -0.192. The summed E-state index contributed by atoms with van der Waals surface area (Å²) in [5, 5.41) is 20.1. The Morgan fingerprint density at radius 1 is 1.25 bits per heavy atom. The Hall–Kier alpha value is -2.86. The van der Waals surface area contributed by atoms with Crippen LogP contribution in [0.5, 0.6) is 5.75 Å². The number of benzene rings is 2. The van der Waals surface area contributed by atoms with Gasteiger partial charge in [-0.1, -0.05) is 36.7 Å². The van der Waals surface area contributed by atoms with E-state index in [0.717, 1.165) is 0 Å². The summed E-state index contributed by atoms with van der Waals surface area (Å²) in [5.74, 6) is -2.31. The van der Waals surface area contributed by atoms with Crippen LogP contribution in [0.3, 0.4) is 0 Å². The lowest BCUT2D eigenvalue weighted by molar-refractivity contribution is 0.0694. The molecular weight excluding hydrogens is 385 g/mol. The molecule has 28 heavy (non-hydrogen) atoms. The smallest absolute Gasteiger partial charge is 0.341 e. The first-order chi connectivity index (χ1) is 13.3. The highest BCUT2D eigenvalue weighted by atomic mass is 35.5. The molecule has 3 rings (SSSR count). The van der Waals surface area contributed by atoms with Crippen LogP contribution in [-0.2, 0) is 6.42 Å². The van der Waals surface area contributed by atoms with Crippen molar-refractivity contribution in [2.75, 3.05) is 0 Å². The zero-order valence-electron chi connectivity index (χ0n) is 15.4. The molecule has 2 N–H and O–H groups in total. The van der Waals surface area contributed by atoms with Gasteiger partial charge in [-0.3, -0.25) is 4.79 Å². The van der Waals surface area contributed by atoms with Crippen molar-refractivity contribution in [3.63, 3.8) is 0 Å². The molecule has 1 atom stereocenters. The number of aromatic nitrogens is 1. The Kier molecular flexibility index (Phi) is 5.42. The van der Waals surface area contributed by atoms with Crippen molar-refractivity contribution in [3.05, 3.63) is 74.3 Å². The molecule has 2 aromatic carbocycles. The molecule has 0 amide bonds. The highest BCUT2D eigenvalue weighted by Gasteiger charge is 2.21. The van der Waals surface area contributed by atoms with E-state index in [4.69, 9.17) is 11.6 Å². The second-order valence-electron chi connectivity index (χ2n) is 6.70. The third-order valence-electron chi connectivity index (χ3n) is 4.97. The number of fused-ring (bicyclic) bond motifs is 1. The van der Waals surface area contributed by atoms with Gasteiger partial charge in [0.05, 0.1) is 15.9 Å². The standard InChI is InChI=1S/C21H19ClFNO4/c1-3-11(2)24-10-14(21(27)28)20(26)17-16(24)8-7-13(19(17)25)9-12-5-4-6-15(22)18(12)23/h4-8,10-11,25H,3,9H2,1-2H3,(H,27,28). The zero-order chi connectivity index (χ0) is 20.6. The van der Waals surface area contributed by atoms with E-state index in [1.807, 2.05) is 13.8 Å². The topological polar surface area (TPSA) is 79.5 Å². The molecule has 5 nitrogen and oxygen atoms in total. The molecule has 0 aliphatic carbocycles. The van der Waals surface area contributed by atoms with Crippen molar-refractivity contribution < 1.29 is 19.4 Å². The van der Waals surface area contributed by atoms with Crippen molar-refractivity contribution in [3.8, 4) is 5.75 Å². The summed E-state index contributed by atoms with van der Waals surface area (Å²) in [6.07, 6.45) is 2.01. The highest BCUT2D eigenvalue weighted by molar-refractivity contribution is 6.30. The molecule has 1 unspecified atom stereocenters. The van der Waals surface area contributed by atoms with E-state index < -0.39 is 22.8 Å². The van der Waals surface area contributed by atoms with Gasteiger partial charge in [-0.15, -0.1) is 0 Å². The first kappa shape index (κ1) is 19.9. The Morgan fingerprint density at radius 3 is 2.61 bits per heavy atom. The van der Waals surface area contributed by atoms with E-state index in [1.165, 1.54) is 18.3 Å². The number of carbonyl (C=O) groups is 1. The van der Waals surface area contributed by atoms with E-state index in [2.05, 4.69) is 0 Å². The predicted octanol–water partition coefficient (Wildman–Crippen LogP) is 4.76. The summed E-state index contributed by atoms with van der Waals surface area (Å²) in [6, 6.07) is 7.72. The second kappa shape index (κ2) is 7.64. The summed E-state index contributed by atoms with van der Waals surface area (Å²) < 4.78 is 15.9. The van der Waals surface area contributed by atoms with Crippen molar-refractivity contribution in [1.29, 1.82) is 0 Å². The lowest BCUT2D eigenvalue weighted by atomic mass is 9.99. The fraction of sp³-hybridized carbons (Fsp3) is 0.238. The molecule has 146 valence electrons. The average Bonchev–Trinajstić information content (AvgIpc) is 2.66. The number of hydrogen-bond donors (Lipinski definition) is 2. The minimum Gasteiger partial charge on any atom is -0.507 e. The molecule has 0 aliphatic rings. The number of rotatable bonds is 5. The quantitative estimate of drug-likeness (QED) is 0.643. The SMILES string of the molecule is CCC(C)n1cc(C(=O)O)c(=O)c2c(O)c(Cc3cccc(Cl)c3F)ccc21. The number of halogens is 2. The number of aromatic hydroxyl groups is 1. The maximum absolute atomic E-state index is 14.2. The number of carboxylic acids is 1. The highest BCUT2D eigenvalue weighted by Crippen LogP contribution is 2.31. The van der Waals surface area contributed by atoms with Crippen LogP contribution in [0.25, 0.3) is 10.9 Å². The van der Waals surface area contributed by atoms with E-state index in [-0.39, 0.29) is 34.2 Å². The molecule has 0 fully saturated rings. The van der Waals surface area contributed by atoms with Crippen LogP contribution in [0.15, 0.2) is 41.3 Å². The van der Waals surface area contributed by atoms with E-state index in [1.54, 1.807) is 22.8 Å². The molecule has 0 bridgehead atoms. The molecule has 3 aromatic rings. The average molecular weight is 404 g/mol. The van der Waals surface area contributed by atoms with Gasteiger partial charge in [0.1, 0.15) is 17.1 Å². The Morgan fingerprint density at radius 2 is 1.96 bits per heavy atom. The monoisotopic (exact) mass is 403 g/mol. The molecule has 0 spiro atoms. The number of nitrogens with zero attached hydrogens (tertiary/aromatic N) is 1. The van der Waals surface area contributed by atoms with Crippen LogP contribution in [0.4, 0.5) is 4.39 Å². The minimum atomic E-state index is -1.37. The number of aromatic carboxylic acids is 1. The van der Waals surface area contributed by atoms with Crippen LogP contribution in [0, 0.1) is 5.82 Å². The first-order valence-electron chi connectivity index (χ1n) is 8.82. The van der Waals surface area contributed by atoms with Gasteiger partial charge in [0, 0.05) is 18.7 Å². The molecule has 1 aromatic heterocycles. The lowest BCUT2D eigenvalue weighted by Gasteiger charge is -2.19. The van der Waals surface area contributed by atoms with Crippen LogP contribution in [0.2, 0.25) is 5.02 Å². The fourth-order valence-corrected chi connectivity index (χ4v) is 3.41. The van der Waals surface area contributed by atoms with Gasteiger partial charge in [-0.25, -0.2) is 9.18 Å². The maximum Gasteiger partial charge on any atom is 0.341 e. The normalized spacial score (nSPS) is 12.3. The fourth-order valence-electron chi connectivity index (χ4n) is 3.21. The van der Waals surface area contributed by atoms with Crippen molar-refractivity contribution in [2.24, 2.45) is 0 Å². The van der Waals surface area contributed by atoms with Crippen molar-refractivity contribution >= 4 is 28.5 Å². The number of phenols is 1. The first-order valence-corrected chi connectivity index (χ1v) is 9.19. The Balaban J connectivity index is 2.27. The number of phenolic OH excluding ortho intramolecular Hbond substituents is 1. The molecule has 1 heterocycles. The summed E-state index contributed by atoms with van der Waals surface area (Å²) in [4.78, 5) is 24.3. The third-order valence-corrected chi connectivity index (χ3v) is 5.26. The van der Waals surface area contributed by atoms with Crippen LogP contribution >= 0.6 is 11.6 Å². The summed E-state index contributed by atoms with van der Waals surface area (Å²) in [7, 11) is 0. The van der Waals surface area contributed by atoms with Crippen molar-refractivity contribution in [1.82, 2.24) is 4.57 Å². The van der Waals surface area contributed by atoms with Gasteiger partial charge in [0.2, 0.25) is 5.43 Å². The largest absolute Gasteiger partial charge is 0.507 e. The molecule has 7 heteroatoms. The van der Waals surface area contributed by atoms with Crippen LogP contribution in [0.1, 0.15) is 47.8 Å². The molecule has 0 saturated carbocycles. The molecule has 0 aliphatic heterocycles. The van der Waals surface area contributed by atoms with E-state index in [9.17, 15) is 24.2 Å². The van der Waals surface area contributed by atoms with Gasteiger partial charge in [0.15, 0.2) is 0 Å². The number of pyridine rings is 1. The summed E-state index contributed by atoms with van der Waals surface area (Å²) >= 11 is 5.81. The van der Waals surface area contributed by atoms with E-state index in [0.29, 0.717) is 17.5 Å².